The minimum absolute atomic E-state index is 0.0438. The molecule has 112 valence electrons. The first-order chi connectivity index (χ1) is 9.58. The molecule has 1 aliphatic rings. The second kappa shape index (κ2) is 4.61. The van der Waals surface area contributed by atoms with Crippen molar-refractivity contribution < 1.29 is 14.5 Å². The lowest BCUT2D eigenvalue weighted by Crippen LogP contribution is -2.34. The molecule has 7 heteroatoms. The van der Waals surface area contributed by atoms with Crippen LogP contribution in [0.15, 0.2) is 11.1 Å². The van der Waals surface area contributed by atoms with Gasteiger partial charge in [0.05, 0.1) is 6.42 Å². The largest absolute Gasteiger partial charge is 0.328 e. The Kier molecular flexibility index (Phi) is 3.31. The zero-order valence-electron chi connectivity index (χ0n) is 12.7. The van der Waals surface area contributed by atoms with Gasteiger partial charge in [0.15, 0.2) is 0 Å². The summed E-state index contributed by atoms with van der Waals surface area (Å²) in [5.41, 5.74) is -0.121. The number of nitrogens with zero attached hydrogens (tertiary/aromatic N) is 3. The van der Waals surface area contributed by atoms with E-state index < -0.39 is 5.54 Å². The summed E-state index contributed by atoms with van der Waals surface area (Å²) in [6.45, 7) is 6.16. The second-order valence-electron chi connectivity index (χ2n) is 5.94. The first-order valence-electron chi connectivity index (χ1n) is 6.55. The number of imidazole rings is 1. The molecule has 1 heterocycles. The average Bonchev–Trinajstić information content (AvgIpc) is 2.71. The van der Waals surface area contributed by atoms with Gasteiger partial charge in [-0.1, -0.05) is 0 Å². The molecular weight excluding hydrogens is 274 g/mol. The van der Waals surface area contributed by atoms with Crippen molar-refractivity contribution in [2.45, 2.75) is 39.7 Å². The predicted octanol–water partition coefficient (Wildman–Crippen LogP) is 1.73. The fraction of sp³-hybridized carbons (Fsp3) is 0.500. The average molecular weight is 291 g/mol. The minimum Gasteiger partial charge on any atom is -0.328 e. The highest BCUT2D eigenvalue weighted by molar-refractivity contribution is 6.25. The molecule has 0 amide bonds. The molecule has 0 unspecified atom stereocenters. The van der Waals surface area contributed by atoms with Crippen LogP contribution in [0.5, 0.6) is 0 Å². The van der Waals surface area contributed by atoms with Gasteiger partial charge in [0.1, 0.15) is 17.2 Å². The van der Waals surface area contributed by atoms with E-state index in [0.717, 1.165) is 0 Å². The fourth-order valence-electron chi connectivity index (χ4n) is 2.27. The summed E-state index contributed by atoms with van der Waals surface area (Å²) < 4.78 is 1.50. The maximum absolute atomic E-state index is 12.3. The molecule has 0 bridgehead atoms. The Morgan fingerprint density at radius 2 is 1.71 bits per heavy atom. The third-order valence-corrected chi connectivity index (χ3v) is 3.95. The van der Waals surface area contributed by atoms with Crippen molar-refractivity contribution in [1.82, 2.24) is 9.55 Å². The molecule has 1 aromatic heterocycles. The lowest BCUT2D eigenvalue weighted by molar-refractivity contribution is -0.560. The molecule has 0 saturated heterocycles. The number of carbonyl (C=O) groups is 2. The van der Waals surface area contributed by atoms with Gasteiger partial charge in [-0.25, -0.2) is 4.98 Å². The van der Waals surface area contributed by atoms with Crippen LogP contribution >= 0.6 is 0 Å². The maximum Gasteiger partial charge on any atom is 0.223 e. The second-order valence-corrected chi connectivity index (χ2v) is 5.94. The Morgan fingerprint density at radius 3 is 2.24 bits per heavy atom. The number of allylic oxidation sites excluding steroid dienone is 2. The molecule has 0 N–H and O–H groups in total. The Morgan fingerprint density at radius 1 is 1.19 bits per heavy atom. The monoisotopic (exact) mass is 291 g/mol. The van der Waals surface area contributed by atoms with E-state index in [2.05, 4.69) is 4.98 Å². The van der Waals surface area contributed by atoms with Gasteiger partial charge in [-0.05, 0) is 13.8 Å². The van der Waals surface area contributed by atoms with Gasteiger partial charge in [-0.3, -0.25) is 19.7 Å². The van der Waals surface area contributed by atoms with Crippen LogP contribution in [0.3, 0.4) is 0 Å². The van der Waals surface area contributed by atoms with Gasteiger partial charge in [0, 0.05) is 37.0 Å². The number of rotatable bonds is 3. The number of hydrogen-bond acceptors (Lipinski definition) is 5. The first kappa shape index (κ1) is 15.1. The molecule has 1 aliphatic carbocycles. The summed E-state index contributed by atoms with van der Waals surface area (Å²) in [5.74, 6) is -0.170. The molecule has 0 atom stereocenters. The van der Waals surface area contributed by atoms with E-state index in [1.807, 2.05) is 0 Å². The van der Waals surface area contributed by atoms with E-state index in [1.165, 1.54) is 18.4 Å². The van der Waals surface area contributed by atoms with Crippen LogP contribution in [-0.4, -0.2) is 31.6 Å². The molecule has 0 spiro atoms. The first-order valence-corrected chi connectivity index (χ1v) is 6.55. The Bertz CT molecular complexity index is 710. The lowest BCUT2D eigenvalue weighted by atomic mass is 9.92. The summed E-state index contributed by atoms with van der Waals surface area (Å²) in [6.07, 6.45) is 0.0438. The van der Waals surface area contributed by atoms with Gasteiger partial charge < -0.3 is 4.57 Å². The Hall–Kier alpha value is -2.31. The summed E-state index contributed by atoms with van der Waals surface area (Å²) >= 11 is 0. The van der Waals surface area contributed by atoms with Crippen molar-refractivity contribution in [3.8, 4) is 0 Å². The molecule has 7 nitrogen and oxygen atoms in total. The van der Waals surface area contributed by atoms with Crippen molar-refractivity contribution in [3.63, 3.8) is 0 Å². The maximum atomic E-state index is 12.3. The number of nitro groups is 1. The number of Topliss-reactive ketones (excluding diaryl/α,β-unsaturated/α-hetero) is 2. The molecule has 2 rings (SSSR count). The van der Waals surface area contributed by atoms with E-state index in [1.54, 1.807) is 20.9 Å². The topological polar surface area (TPSA) is 95.1 Å². The van der Waals surface area contributed by atoms with Crippen LogP contribution < -0.4 is 0 Å². The van der Waals surface area contributed by atoms with E-state index in [0.29, 0.717) is 17.0 Å². The third kappa shape index (κ3) is 2.18. The number of fused-ring (bicyclic) bond motifs is 1. The van der Waals surface area contributed by atoms with Crippen molar-refractivity contribution in [2.24, 2.45) is 7.05 Å². The normalized spacial score (nSPS) is 15.5. The van der Waals surface area contributed by atoms with E-state index in [9.17, 15) is 19.7 Å². The smallest absolute Gasteiger partial charge is 0.223 e. The third-order valence-electron chi connectivity index (χ3n) is 3.95. The highest BCUT2D eigenvalue weighted by atomic mass is 16.6. The molecule has 0 radical (unpaired) electrons. The van der Waals surface area contributed by atoms with Crippen LogP contribution in [0.1, 0.15) is 54.5 Å². The SMILES string of the molecule is CC1=C(C)C(=O)c2c(nc(CC(C)(C)[N+](=O)[O-])n2C)C1=O. The number of ketones is 2. The van der Waals surface area contributed by atoms with Crippen LogP contribution in [0.2, 0.25) is 0 Å². The van der Waals surface area contributed by atoms with E-state index in [4.69, 9.17) is 0 Å². The zero-order chi connectivity index (χ0) is 16.1. The number of aromatic nitrogens is 2. The standard InChI is InChI=1S/C14H17N3O4/c1-7-8(2)13(19)11-10(12(7)18)15-9(16(11)5)6-14(3,4)17(20)21/h6H2,1-5H3. The molecule has 0 aliphatic heterocycles. The van der Waals surface area contributed by atoms with E-state index >= 15 is 0 Å². The molecule has 1 aromatic rings. The van der Waals surface area contributed by atoms with Crippen LogP contribution in [-0.2, 0) is 13.5 Å². The van der Waals surface area contributed by atoms with Gasteiger partial charge in [-0.2, -0.15) is 0 Å². The molecule has 21 heavy (non-hydrogen) atoms. The van der Waals surface area contributed by atoms with Crippen LogP contribution in [0.4, 0.5) is 0 Å². The molecule has 0 fully saturated rings. The summed E-state index contributed by atoms with van der Waals surface area (Å²) in [6, 6.07) is 0. The lowest BCUT2D eigenvalue weighted by Gasteiger charge is -2.15. The summed E-state index contributed by atoms with van der Waals surface area (Å²) in [7, 11) is 1.61. The molecule has 0 saturated carbocycles. The predicted molar refractivity (Wildman–Crippen MR) is 75.0 cm³/mol. The van der Waals surface area contributed by atoms with Gasteiger partial charge in [0.25, 0.3) is 0 Å². The van der Waals surface area contributed by atoms with Crippen LogP contribution in [0, 0.1) is 10.1 Å². The highest BCUT2D eigenvalue weighted by Gasteiger charge is 2.37. The quantitative estimate of drug-likeness (QED) is 0.624. The van der Waals surface area contributed by atoms with Gasteiger partial charge >= 0.3 is 0 Å². The zero-order valence-corrected chi connectivity index (χ0v) is 12.7. The van der Waals surface area contributed by atoms with Crippen molar-refractivity contribution >= 4 is 11.6 Å². The van der Waals surface area contributed by atoms with Gasteiger partial charge in [0.2, 0.25) is 17.1 Å². The van der Waals surface area contributed by atoms with Crippen molar-refractivity contribution in [2.75, 3.05) is 0 Å². The van der Waals surface area contributed by atoms with E-state index in [-0.39, 0.29) is 34.3 Å². The Labute approximate surface area is 121 Å². The van der Waals surface area contributed by atoms with Crippen molar-refractivity contribution in [3.05, 3.63) is 38.5 Å². The molecular formula is C14H17N3O4. The number of hydrogen-bond donors (Lipinski definition) is 0. The van der Waals surface area contributed by atoms with Gasteiger partial charge in [-0.15, -0.1) is 0 Å². The summed E-state index contributed by atoms with van der Waals surface area (Å²) in [4.78, 5) is 39.4. The fourth-order valence-corrected chi connectivity index (χ4v) is 2.27. The van der Waals surface area contributed by atoms with Crippen LogP contribution in [0.25, 0.3) is 0 Å². The summed E-state index contributed by atoms with van der Waals surface area (Å²) in [5, 5.41) is 11.0. The minimum atomic E-state index is -1.22. The molecule has 0 aromatic carbocycles. The highest BCUT2D eigenvalue weighted by Crippen LogP contribution is 2.27. The Balaban J connectivity index is 2.54. The van der Waals surface area contributed by atoms with Crippen molar-refractivity contribution in [1.29, 1.82) is 0 Å². The number of carbonyl (C=O) groups excluding carboxylic acids is 2.